The first-order valence-corrected chi connectivity index (χ1v) is 8.22. The summed E-state index contributed by atoms with van der Waals surface area (Å²) in [7, 11) is 2.21. The fourth-order valence-electron chi connectivity index (χ4n) is 3.37. The van der Waals surface area contributed by atoms with Crippen LogP contribution < -0.4 is 5.73 Å². The van der Waals surface area contributed by atoms with Crippen LogP contribution in [0.25, 0.3) is 0 Å². The van der Waals surface area contributed by atoms with Gasteiger partial charge in [-0.2, -0.15) is 0 Å². The number of hydrogen-bond donors (Lipinski definition) is 1. The Labute approximate surface area is 124 Å². The van der Waals surface area contributed by atoms with Crippen LogP contribution in [0.4, 0.5) is 0 Å². The molecule has 0 bridgehead atoms. The molecule has 0 spiro atoms. The van der Waals surface area contributed by atoms with Crippen molar-refractivity contribution in [1.29, 1.82) is 0 Å². The highest BCUT2D eigenvalue weighted by molar-refractivity contribution is 5.25. The molecule has 1 saturated carbocycles. The van der Waals surface area contributed by atoms with Crippen LogP contribution in [0.3, 0.4) is 0 Å². The van der Waals surface area contributed by atoms with Crippen LogP contribution >= 0.6 is 0 Å². The topological polar surface area (TPSA) is 29.3 Å². The molecular weight excluding hydrogens is 244 g/mol. The molecule has 0 aliphatic heterocycles. The molecule has 1 aliphatic carbocycles. The van der Waals surface area contributed by atoms with E-state index in [0.717, 1.165) is 18.9 Å². The molecule has 1 aromatic carbocycles. The predicted molar refractivity (Wildman–Crippen MR) is 86.8 cm³/mol. The number of benzene rings is 1. The van der Waals surface area contributed by atoms with Gasteiger partial charge in [-0.25, -0.2) is 0 Å². The van der Waals surface area contributed by atoms with Crippen molar-refractivity contribution < 1.29 is 0 Å². The maximum absolute atomic E-state index is 6.35. The highest BCUT2D eigenvalue weighted by Crippen LogP contribution is 2.25. The Morgan fingerprint density at radius 1 is 1.20 bits per heavy atom. The lowest BCUT2D eigenvalue weighted by molar-refractivity contribution is 0.263. The number of hydrogen-bond acceptors (Lipinski definition) is 2. The fraction of sp³-hybridized carbons (Fsp3) is 0.667. The van der Waals surface area contributed by atoms with Gasteiger partial charge in [-0.1, -0.05) is 50.5 Å². The van der Waals surface area contributed by atoms with Crippen LogP contribution in [0.5, 0.6) is 0 Å². The van der Waals surface area contributed by atoms with E-state index >= 15 is 0 Å². The second kappa shape index (κ2) is 7.80. The van der Waals surface area contributed by atoms with Crippen molar-refractivity contribution in [3.05, 3.63) is 35.4 Å². The van der Waals surface area contributed by atoms with E-state index in [-0.39, 0.29) is 6.04 Å². The van der Waals surface area contributed by atoms with Gasteiger partial charge < -0.3 is 10.6 Å². The summed E-state index contributed by atoms with van der Waals surface area (Å²) in [5.41, 5.74) is 9.04. The number of rotatable bonds is 7. The van der Waals surface area contributed by atoms with Gasteiger partial charge in [0.25, 0.3) is 0 Å². The minimum Gasteiger partial charge on any atom is -0.323 e. The number of nitrogens with two attached hydrogens (primary N) is 1. The van der Waals surface area contributed by atoms with Gasteiger partial charge in [0.2, 0.25) is 0 Å². The van der Waals surface area contributed by atoms with E-state index in [0.29, 0.717) is 0 Å². The molecule has 0 amide bonds. The van der Waals surface area contributed by atoms with E-state index in [1.54, 1.807) is 0 Å². The van der Waals surface area contributed by atoms with Gasteiger partial charge in [0.1, 0.15) is 0 Å². The SMILES string of the molecule is CCCc1ccc(C(N)CN(C)CC2CCCC2)cc1. The summed E-state index contributed by atoms with van der Waals surface area (Å²) < 4.78 is 0. The normalized spacial score (nSPS) is 17.8. The van der Waals surface area contributed by atoms with Gasteiger partial charge in [-0.05, 0) is 43.4 Å². The Hall–Kier alpha value is -0.860. The van der Waals surface area contributed by atoms with E-state index in [1.807, 2.05) is 0 Å². The molecule has 1 unspecified atom stereocenters. The highest BCUT2D eigenvalue weighted by atomic mass is 15.1. The van der Waals surface area contributed by atoms with Crippen molar-refractivity contribution >= 4 is 0 Å². The van der Waals surface area contributed by atoms with E-state index < -0.39 is 0 Å². The number of nitrogens with zero attached hydrogens (tertiary/aromatic N) is 1. The molecule has 1 aromatic rings. The minimum atomic E-state index is 0.136. The lowest BCUT2D eigenvalue weighted by Crippen LogP contribution is -2.32. The van der Waals surface area contributed by atoms with Crippen molar-refractivity contribution in [2.45, 2.75) is 51.5 Å². The smallest absolute Gasteiger partial charge is 0.0424 e. The molecule has 112 valence electrons. The van der Waals surface area contributed by atoms with Crippen LogP contribution in [0.15, 0.2) is 24.3 Å². The number of likely N-dealkylation sites (N-methyl/N-ethyl adjacent to an activating group) is 1. The molecule has 1 fully saturated rings. The molecule has 2 N–H and O–H groups in total. The summed E-state index contributed by atoms with van der Waals surface area (Å²) in [5.74, 6) is 0.902. The standard InChI is InChI=1S/C18H30N2/c1-3-6-15-9-11-17(12-10-15)18(19)14-20(2)13-16-7-4-5-8-16/h9-12,16,18H,3-8,13-14,19H2,1-2H3. The molecule has 2 rings (SSSR count). The molecular formula is C18H30N2. The molecule has 2 heteroatoms. The van der Waals surface area contributed by atoms with E-state index in [1.165, 1.54) is 49.8 Å². The van der Waals surface area contributed by atoms with Crippen LogP contribution in [-0.2, 0) is 6.42 Å². The Balaban J connectivity index is 1.81. The van der Waals surface area contributed by atoms with Crippen molar-refractivity contribution in [2.24, 2.45) is 11.7 Å². The average molecular weight is 274 g/mol. The van der Waals surface area contributed by atoms with Gasteiger partial charge in [0.05, 0.1) is 0 Å². The molecule has 0 aromatic heterocycles. The Bertz CT molecular complexity index is 379. The van der Waals surface area contributed by atoms with Crippen molar-refractivity contribution in [3.8, 4) is 0 Å². The number of aryl methyl sites for hydroxylation is 1. The van der Waals surface area contributed by atoms with Crippen molar-refractivity contribution in [1.82, 2.24) is 4.90 Å². The van der Waals surface area contributed by atoms with E-state index in [2.05, 4.69) is 43.1 Å². The zero-order valence-corrected chi connectivity index (χ0v) is 13.1. The van der Waals surface area contributed by atoms with Crippen LogP contribution in [0, 0.1) is 5.92 Å². The molecule has 0 radical (unpaired) electrons. The second-order valence-electron chi connectivity index (χ2n) is 6.47. The minimum absolute atomic E-state index is 0.136. The Morgan fingerprint density at radius 3 is 2.45 bits per heavy atom. The predicted octanol–water partition coefficient (Wildman–Crippen LogP) is 3.76. The largest absolute Gasteiger partial charge is 0.323 e. The molecule has 1 atom stereocenters. The maximum atomic E-state index is 6.35. The van der Waals surface area contributed by atoms with Crippen LogP contribution in [-0.4, -0.2) is 25.0 Å². The molecule has 0 heterocycles. The van der Waals surface area contributed by atoms with E-state index in [4.69, 9.17) is 5.73 Å². The summed E-state index contributed by atoms with van der Waals surface area (Å²) in [6.45, 7) is 4.39. The summed E-state index contributed by atoms with van der Waals surface area (Å²) in [4.78, 5) is 2.42. The lowest BCUT2D eigenvalue weighted by atomic mass is 10.0. The monoisotopic (exact) mass is 274 g/mol. The highest BCUT2D eigenvalue weighted by Gasteiger charge is 2.18. The summed E-state index contributed by atoms with van der Waals surface area (Å²) in [6, 6.07) is 9.01. The fourth-order valence-corrected chi connectivity index (χ4v) is 3.37. The van der Waals surface area contributed by atoms with Gasteiger partial charge in [-0.15, -0.1) is 0 Å². The Kier molecular flexibility index (Phi) is 6.06. The molecule has 0 saturated heterocycles. The summed E-state index contributed by atoms with van der Waals surface area (Å²) in [6.07, 6.45) is 8.02. The van der Waals surface area contributed by atoms with Gasteiger partial charge in [0, 0.05) is 19.1 Å². The Morgan fingerprint density at radius 2 is 1.85 bits per heavy atom. The van der Waals surface area contributed by atoms with E-state index in [9.17, 15) is 0 Å². The second-order valence-corrected chi connectivity index (χ2v) is 6.47. The van der Waals surface area contributed by atoms with Crippen molar-refractivity contribution in [3.63, 3.8) is 0 Å². The molecule has 2 nitrogen and oxygen atoms in total. The van der Waals surface area contributed by atoms with Gasteiger partial charge in [0.15, 0.2) is 0 Å². The summed E-state index contributed by atoms with van der Waals surface area (Å²) >= 11 is 0. The first kappa shape index (κ1) is 15.5. The first-order chi connectivity index (χ1) is 9.69. The van der Waals surface area contributed by atoms with Crippen molar-refractivity contribution in [2.75, 3.05) is 20.1 Å². The van der Waals surface area contributed by atoms with Crippen LogP contribution in [0.1, 0.15) is 56.2 Å². The zero-order chi connectivity index (χ0) is 14.4. The van der Waals surface area contributed by atoms with Crippen LogP contribution in [0.2, 0.25) is 0 Å². The molecule has 20 heavy (non-hydrogen) atoms. The van der Waals surface area contributed by atoms with Gasteiger partial charge >= 0.3 is 0 Å². The first-order valence-electron chi connectivity index (χ1n) is 8.22. The quantitative estimate of drug-likeness (QED) is 0.820. The summed E-state index contributed by atoms with van der Waals surface area (Å²) in [5, 5.41) is 0. The average Bonchev–Trinajstić information content (AvgIpc) is 2.92. The third-order valence-corrected chi connectivity index (χ3v) is 4.50. The van der Waals surface area contributed by atoms with Gasteiger partial charge in [-0.3, -0.25) is 0 Å². The maximum Gasteiger partial charge on any atom is 0.0424 e. The molecule has 1 aliphatic rings. The third-order valence-electron chi connectivity index (χ3n) is 4.50. The lowest BCUT2D eigenvalue weighted by Gasteiger charge is -2.24. The zero-order valence-electron chi connectivity index (χ0n) is 13.1. The third kappa shape index (κ3) is 4.60.